The van der Waals surface area contributed by atoms with Gasteiger partial charge in [0.05, 0.1) is 24.9 Å². The van der Waals surface area contributed by atoms with Crippen LogP contribution in [0.15, 0.2) is 40.6 Å². The van der Waals surface area contributed by atoms with E-state index in [1.807, 2.05) is 6.07 Å². The van der Waals surface area contributed by atoms with Gasteiger partial charge in [-0.2, -0.15) is 0 Å². The molecule has 0 saturated carbocycles. The molecule has 1 saturated heterocycles. The molecular weight excluding hydrogens is 480 g/mol. The summed E-state index contributed by atoms with van der Waals surface area (Å²) in [5, 5.41) is 36.8. The Bertz CT molecular complexity index is 1310. The Labute approximate surface area is 212 Å². The number of hydrogen-bond donors (Lipinski definition) is 6. The predicted octanol–water partition coefficient (Wildman–Crippen LogP) is -2.19. The molecule has 0 bridgehead atoms. The zero-order valence-corrected chi connectivity index (χ0v) is 20.5. The first-order valence-corrected chi connectivity index (χ1v) is 12.1. The highest BCUT2D eigenvalue weighted by Crippen LogP contribution is 2.45. The van der Waals surface area contributed by atoms with Crippen LogP contribution in [0.2, 0.25) is 0 Å². The van der Waals surface area contributed by atoms with E-state index in [1.54, 1.807) is 23.0 Å². The molecule has 4 atom stereocenters. The van der Waals surface area contributed by atoms with Crippen LogP contribution >= 0.6 is 0 Å². The monoisotopic (exact) mass is 510 g/mol. The van der Waals surface area contributed by atoms with Gasteiger partial charge in [-0.25, -0.2) is 9.98 Å². The predicted molar refractivity (Wildman–Crippen MR) is 131 cm³/mol. The summed E-state index contributed by atoms with van der Waals surface area (Å²) >= 11 is 0. The van der Waals surface area contributed by atoms with Gasteiger partial charge in [0.2, 0.25) is 5.79 Å². The zero-order chi connectivity index (χ0) is 26.2. The summed E-state index contributed by atoms with van der Waals surface area (Å²) in [4.78, 5) is 24.0. The van der Waals surface area contributed by atoms with E-state index in [0.717, 1.165) is 12.0 Å². The molecule has 4 aliphatic heterocycles. The maximum atomic E-state index is 13.5. The van der Waals surface area contributed by atoms with E-state index < -0.39 is 35.5 Å². The minimum absolute atomic E-state index is 0.00991. The quantitative estimate of drug-likeness (QED) is 0.245. The van der Waals surface area contributed by atoms with Crippen LogP contribution in [0.25, 0.3) is 0 Å². The molecule has 1 amide bonds. The van der Waals surface area contributed by atoms with Crippen molar-refractivity contribution in [2.24, 2.45) is 21.5 Å². The van der Waals surface area contributed by atoms with Gasteiger partial charge in [-0.15, -0.1) is 5.10 Å². The van der Waals surface area contributed by atoms with Crippen molar-refractivity contribution in [3.63, 3.8) is 0 Å². The van der Waals surface area contributed by atoms with E-state index in [-0.39, 0.29) is 30.4 Å². The number of rotatable bonds is 4. The minimum Gasteiger partial charge on any atom is -0.492 e. The number of fused-ring (bicyclic) bond motifs is 1. The Morgan fingerprint density at radius 1 is 1.30 bits per heavy atom. The van der Waals surface area contributed by atoms with Gasteiger partial charge in [0.25, 0.3) is 5.91 Å². The van der Waals surface area contributed by atoms with Gasteiger partial charge in [0.1, 0.15) is 23.9 Å². The fourth-order valence-electron chi connectivity index (χ4n) is 5.94. The van der Waals surface area contributed by atoms with E-state index in [4.69, 9.17) is 16.2 Å². The summed E-state index contributed by atoms with van der Waals surface area (Å²) < 4.78 is 7.44. The number of amides is 1. The molecule has 14 nitrogen and oxygen atoms in total. The number of nitrogens with two attached hydrogens (primary N) is 2. The van der Waals surface area contributed by atoms with Gasteiger partial charge in [-0.1, -0.05) is 31.2 Å². The Morgan fingerprint density at radius 3 is 2.86 bits per heavy atom. The highest BCUT2D eigenvalue weighted by atomic mass is 16.5. The largest absolute Gasteiger partial charge is 0.492 e. The third kappa shape index (κ3) is 3.28. The lowest BCUT2D eigenvalue weighted by Gasteiger charge is -2.48. The standard InChI is InChI=1S/C23H30N10O4/c1-21(2)6-9-37-16-12(4-3-5-13(16)21)18(34)28-15-11-33-20(25)27-14(10-32-8-7-26-31-32)17-22(33,23(15,35)36)30-19(24)29-17/h3-5,7-8,14-15,17,35-36H,6,9-11H2,1-2H3,(H2,25,27)(H,28,34)(H3,24,29,30)/t14-,15?,17?,22?/m0/s1. The van der Waals surface area contributed by atoms with Crippen LogP contribution in [0.5, 0.6) is 5.75 Å². The van der Waals surface area contributed by atoms with Crippen molar-refractivity contribution in [3.8, 4) is 5.75 Å². The summed E-state index contributed by atoms with van der Waals surface area (Å²) in [5.41, 5.74) is 11.8. The molecule has 1 fully saturated rings. The maximum absolute atomic E-state index is 13.5. The Kier molecular flexibility index (Phi) is 4.95. The molecule has 2 aromatic rings. The number of nitrogens with zero attached hydrogens (tertiary/aromatic N) is 6. The molecule has 3 unspecified atom stereocenters. The van der Waals surface area contributed by atoms with Gasteiger partial charge in [0.15, 0.2) is 17.6 Å². The van der Waals surface area contributed by atoms with Gasteiger partial charge >= 0.3 is 0 Å². The lowest BCUT2D eigenvalue weighted by Crippen LogP contribution is -2.78. The number of aromatic nitrogens is 3. The molecule has 0 radical (unpaired) electrons. The van der Waals surface area contributed by atoms with Crippen LogP contribution in [0, 0.1) is 0 Å². The topological polar surface area (TPSA) is 202 Å². The van der Waals surface area contributed by atoms with Gasteiger partial charge < -0.3 is 42.0 Å². The molecule has 1 spiro atoms. The van der Waals surface area contributed by atoms with Crippen molar-refractivity contribution in [3.05, 3.63) is 41.7 Å². The maximum Gasteiger partial charge on any atom is 0.255 e. The second kappa shape index (κ2) is 7.79. The number of carbonyl (C=O) groups excluding carboxylic acids is 1. The fourth-order valence-corrected chi connectivity index (χ4v) is 5.94. The second-order valence-corrected chi connectivity index (χ2v) is 10.6. The average molecular weight is 511 g/mol. The summed E-state index contributed by atoms with van der Waals surface area (Å²) in [7, 11) is 0. The highest BCUT2D eigenvalue weighted by Gasteiger charge is 2.73. The molecule has 37 heavy (non-hydrogen) atoms. The fraction of sp³-hybridized carbons (Fsp3) is 0.522. The summed E-state index contributed by atoms with van der Waals surface area (Å²) in [6.45, 7) is 4.88. The van der Waals surface area contributed by atoms with E-state index in [2.05, 4.69) is 44.8 Å². The number of ether oxygens (including phenoxy) is 1. The number of para-hydroxylation sites is 1. The number of guanidine groups is 2. The summed E-state index contributed by atoms with van der Waals surface area (Å²) in [6, 6.07) is 2.78. The Hall–Kier alpha value is -3.91. The Morgan fingerprint density at radius 2 is 2.11 bits per heavy atom. The normalized spacial score (nSPS) is 30.7. The second-order valence-electron chi connectivity index (χ2n) is 10.6. The first-order valence-electron chi connectivity index (χ1n) is 12.1. The average Bonchev–Trinajstić information content (AvgIpc) is 3.52. The molecule has 1 aromatic heterocycles. The van der Waals surface area contributed by atoms with E-state index in [9.17, 15) is 15.0 Å². The SMILES string of the molecule is CC1(C)CCOc2c(C(=O)NC3CN4C(N)=N[C@@H](Cn5ccnn5)C5N=C(N)NC54C3(O)O)cccc21. The smallest absolute Gasteiger partial charge is 0.255 e. The number of benzene rings is 1. The van der Waals surface area contributed by atoms with Crippen LogP contribution in [0.4, 0.5) is 0 Å². The van der Waals surface area contributed by atoms with Crippen molar-refractivity contribution in [2.75, 3.05) is 13.2 Å². The van der Waals surface area contributed by atoms with Crippen LogP contribution in [-0.2, 0) is 12.0 Å². The molecule has 0 aliphatic carbocycles. The molecule has 6 rings (SSSR count). The van der Waals surface area contributed by atoms with Crippen molar-refractivity contribution < 1.29 is 19.7 Å². The van der Waals surface area contributed by atoms with Crippen LogP contribution < -0.4 is 26.8 Å². The number of carbonyl (C=O) groups is 1. The van der Waals surface area contributed by atoms with Crippen LogP contribution in [-0.4, -0.2) is 90.7 Å². The number of hydrogen-bond acceptors (Lipinski definition) is 12. The number of aliphatic hydroxyl groups is 2. The first-order chi connectivity index (χ1) is 17.5. The Balaban J connectivity index is 1.33. The molecule has 1 aromatic carbocycles. The summed E-state index contributed by atoms with van der Waals surface area (Å²) in [6.07, 6.45) is 4.01. The third-order valence-electron chi connectivity index (χ3n) is 7.92. The third-order valence-corrected chi connectivity index (χ3v) is 7.92. The number of nitrogens with one attached hydrogen (secondary N) is 2. The lowest BCUT2D eigenvalue weighted by atomic mass is 9.79. The van der Waals surface area contributed by atoms with Gasteiger partial charge in [0, 0.05) is 18.3 Å². The van der Waals surface area contributed by atoms with Gasteiger partial charge in [-0.05, 0) is 17.9 Å². The van der Waals surface area contributed by atoms with Crippen molar-refractivity contribution in [2.45, 2.75) is 61.8 Å². The molecule has 14 heteroatoms. The molecule has 196 valence electrons. The van der Waals surface area contributed by atoms with Crippen molar-refractivity contribution >= 4 is 17.8 Å². The van der Waals surface area contributed by atoms with E-state index in [1.165, 1.54) is 11.1 Å². The molecular formula is C23H30N10O4. The van der Waals surface area contributed by atoms with Crippen LogP contribution in [0.3, 0.4) is 0 Å². The van der Waals surface area contributed by atoms with Crippen molar-refractivity contribution in [1.82, 2.24) is 30.5 Å². The van der Waals surface area contributed by atoms with Crippen molar-refractivity contribution in [1.29, 1.82) is 0 Å². The highest BCUT2D eigenvalue weighted by molar-refractivity contribution is 5.98. The lowest BCUT2D eigenvalue weighted by molar-refractivity contribution is -0.230. The van der Waals surface area contributed by atoms with E-state index in [0.29, 0.717) is 17.9 Å². The minimum atomic E-state index is -2.53. The number of aliphatic imine (C=N–C) groups is 2. The molecule has 4 aliphatic rings. The van der Waals surface area contributed by atoms with Crippen LogP contribution in [0.1, 0.15) is 36.2 Å². The summed E-state index contributed by atoms with van der Waals surface area (Å²) in [5.74, 6) is -2.46. The van der Waals surface area contributed by atoms with E-state index >= 15 is 0 Å². The molecule has 8 N–H and O–H groups in total. The zero-order valence-electron chi connectivity index (χ0n) is 20.5. The first kappa shape index (κ1) is 23.5. The molecule has 5 heterocycles. The van der Waals surface area contributed by atoms with Gasteiger partial charge in [-0.3, -0.25) is 9.48 Å².